The smallest absolute Gasteiger partial charge is 0.410 e. The second-order valence-electron chi connectivity index (χ2n) is 26.4. The van der Waals surface area contributed by atoms with Crippen LogP contribution in [0.5, 0.6) is 0 Å². The Kier molecular flexibility index (Phi) is 30.9. The Balaban J connectivity index is 0.000000169. The molecule has 98 heavy (non-hydrogen) atoms. The lowest BCUT2D eigenvalue weighted by Gasteiger charge is -2.25. The van der Waals surface area contributed by atoms with E-state index in [0.29, 0.717) is 67.9 Å². The summed E-state index contributed by atoms with van der Waals surface area (Å²) in [5.41, 5.74) is 6.39. The van der Waals surface area contributed by atoms with Crippen LogP contribution in [0.1, 0.15) is 133 Å². The van der Waals surface area contributed by atoms with Gasteiger partial charge in [0, 0.05) is 104 Å². The molecule has 8 N–H and O–H groups in total. The minimum Gasteiger partial charge on any atom is -0.476 e. The molecule has 14 rings (SSSR count). The second-order valence-corrected chi connectivity index (χ2v) is 29.9. The Morgan fingerprint density at radius 2 is 0.929 bits per heavy atom. The molecule has 5 aliphatic carbocycles. The first-order valence-corrected chi connectivity index (χ1v) is 35.6. The van der Waals surface area contributed by atoms with E-state index < -0.39 is 17.5 Å². The van der Waals surface area contributed by atoms with Crippen molar-refractivity contribution in [2.24, 2.45) is 53.1 Å². The van der Waals surface area contributed by atoms with Crippen LogP contribution >= 0.6 is 90.7 Å². The molecule has 0 bridgehead atoms. The number of fused-ring (bicyclic) bond motifs is 4. The van der Waals surface area contributed by atoms with Crippen molar-refractivity contribution in [2.75, 3.05) is 51.3 Å². The number of nitrogens with two attached hydrogens (primary N) is 1. The third kappa shape index (κ3) is 23.3. The van der Waals surface area contributed by atoms with Gasteiger partial charge < -0.3 is 51.8 Å². The maximum Gasteiger partial charge on any atom is 0.410 e. The lowest BCUT2D eigenvalue weighted by Crippen LogP contribution is -2.36. The molecule has 0 aromatic carbocycles. The fraction of sp³-hybridized carbons (Fsp3) is 0.493. The zero-order valence-electron chi connectivity index (χ0n) is 54.9. The third-order valence-electron chi connectivity index (χ3n) is 18.4. The summed E-state index contributed by atoms with van der Waals surface area (Å²) in [6.07, 6.45) is 21.8. The number of carbonyl (C=O) groups excluding carboxylic acids is 4. The van der Waals surface area contributed by atoms with Crippen molar-refractivity contribution in [3.05, 3.63) is 168 Å². The minimum absolute atomic E-state index is 0. The van der Waals surface area contributed by atoms with Crippen LogP contribution < -0.4 is 31.9 Å². The average molecular weight is 1580 g/mol. The molecule has 29 heteroatoms. The van der Waals surface area contributed by atoms with Crippen molar-refractivity contribution in [3.63, 3.8) is 0 Å². The molecule has 4 unspecified atom stereocenters. The highest BCUT2D eigenvalue weighted by molar-refractivity contribution is 9.10. The van der Waals surface area contributed by atoms with Crippen molar-refractivity contribution in [2.45, 2.75) is 121 Å². The van der Waals surface area contributed by atoms with Crippen LogP contribution in [0.4, 0.5) is 15.0 Å². The van der Waals surface area contributed by atoms with Crippen molar-refractivity contribution in [1.82, 2.24) is 56.1 Å². The molecule has 8 aliphatic rings. The van der Waals surface area contributed by atoms with Crippen LogP contribution in [0, 0.1) is 53.3 Å². The zero-order chi connectivity index (χ0) is 69.9. The summed E-state index contributed by atoms with van der Waals surface area (Å²) in [6, 6.07) is 21.4. The molecular formula is C69H85Br2Cl5FN13O8. The summed E-state index contributed by atoms with van der Waals surface area (Å²) < 4.78 is 19.1. The Labute approximate surface area is 614 Å². The lowest BCUT2D eigenvalue weighted by molar-refractivity contribution is 0.0278. The van der Waals surface area contributed by atoms with Gasteiger partial charge >= 0.3 is 12.1 Å². The normalized spacial score (nSPS) is 24.8. The highest BCUT2D eigenvalue weighted by atomic mass is 79.9. The van der Waals surface area contributed by atoms with Gasteiger partial charge in [-0.25, -0.2) is 39.5 Å². The van der Waals surface area contributed by atoms with E-state index in [1.807, 2.05) is 44.0 Å². The number of nitrogens with zero attached hydrogens (tertiary/aromatic N) is 8. The molecule has 4 amide bonds. The van der Waals surface area contributed by atoms with E-state index in [2.05, 4.69) is 87.9 Å². The first-order valence-electron chi connectivity index (χ1n) is 32.5. The van der Waals surface area contributed by atoms with Crippen LogP contribution in [0.15, 0.2) is 119 Å². The Bertz CT molecular complexity index is 3440. The summed E-state index contributed by atoms with van der Waals surface area (Å²) in [7, 11) is 1.00. The highest BCUT2D eigenvalue weighted by Crippen LogP contribution is 2.44. The molecule has 0 spiro atoms. The maximum atomic E-state index is 12.4. The number of carboxylic acid groups (broad SMARTS) is 1. The van der Waals surface area contributed by atoms with Gasteiger partial charge in [0.25, 0.3) is 17.7 Å². The molecule has 12 atom stereocenters. The molecular weight excluding hydrogens is 1490 g/mol. The van der Waals surface area contributed by atoms with Gasteiger partial charge in [0.2, 0.25) is 5.95 Å². The van der Waals surface area contributed by atoms with Gasteiger partial charge in [-0.15, -0.1) is 12.4 Å². The number of hydrogen-bond donors (Lipinski definition) is 7. The molecule has 21 nitrogen and oxygen atoms in total. The second kappa shape index (κ2) is 38.2. The van der Waals surface area contributed by atoms with Crippen molar-refractivity contribution >= 4 is 126 Å². The van der Waals surface area contributed by atoms with Gasteiger partial charge in [0.15, 0.2) is 5.69 Å². The summed E-state index contributed by atoms with van der Waals surface area (Å²) >= 11 is 30.0. The molecule has 6 aromatic heterocycles. The number of aliphatic hydroxyl groups excluding tert-OH is 1. The number of hydrogen-bond acceptors (Lipinski definition) is 16. The molecule has 6 aromatic rings. The number of nitrogens with one attached hydrogen (secondary N) is 4. The SMILES string of the molecule is CC(C)(C)OC(=O)N1C[C@H]2CC(N)C[C@H]2C1.CO.Cl.Fc1ccc(Br)cn1.O=C(NC1C[C@@H]2CN(c3ccc(Br)cn3)C[C@@H]2C1)c1ncccc1Cl.O=C(NC1C[C@H]2CCC[C@H]2C1)c1ncccc1Cl.O=C(NC1C[C@H]2CNC[C@H]2C1)c1ncccc1Cl.O=C(O)c1ncccc1Cl. The molecule has 0 radical (unpaired) electrons. The molecule has 530 valence electrons. The molecule has 3 aliphatic heterocycles. The number of aromatic carboxylic acids is 1. The highest BCUT2D eigenvalue weighted by Gasteiger charge is 2.44. The number of anilines is 1. The number of aromatic nitrogens is 6. The van der Waals surface area contributed by atoms with Crippen molar-refractivity contribution in [3.8, 4) is 0 Å². The zero-order valence-corrected chi connectivity index (χ0v) is 61.9. The van der Waals surface area contributed by atoms with E-state index in [-0.39, 0.29) is 59.0 Å². The molecule has 9 heterocycles. The number of rotatable bonds is 8. The summed E-state index contributed by atoms with van der Waals surface area (Å²) in [6.45, 7) is 11.5. The number of aliphatic hydroxyl groups is 1. The Morgan fingerprint density at radius 1 is 0.551 bits per heavy atom. The number of carboxylic acids is 1. The molecule has 5 saturated carbocycles. The van der Waals surface area contributed by atoms with E-state index in [4.69, 9.17) is 67.1 Å². The topological polar surface area (TPSA) is 293 Å². The summed E-state index contributed by atoms with van der Waals surface area (Å²) in [4.78, 5) is 86.4. The predicted molar refractivity (Wildman–Crippen MR) is 387 cm³/mol. The first kappa shape index (κ1) is 79.4. The van der Waals surface area contributed by atoms with E-state index >= 15 is 0 Å². The van der Waals surface area contributed by atoms with E-state index in [1.54, 1.807) is 67.1 Å². The number of ether oxygens (including phenoxy) is 1. The number of halogens is 8. The number of likely N-dealkylation sites (tertiary alicyclic amines) is 1. The Hall–Kier alpha value is -5.93. The van der Waals surface area contributed by atoms with E-state index in [9.17, 15) is 28.4 Å². The van der Waals surface area contributed by atoms with Gasteiger partial charge in [-0.3, -0.25) is 14.4 Å². The average Bonchev–Trinajstić information content (AvgIpc) is 1.60. The summed E-state index contributed by atoms with van der Waals surface area (Å²) in [5.74, 6) is 4.48. The van der Waals surface area contributed by atoms with Gasteiger partial charge in [-0.1, -0.05) is 65.7 Å². The Morgan fingerprint density at radius 3 is 1.28 bits per heavy atom. The van der Waals surface area contributed by atoms with Crippen LogP contribution in [-0.4, -0.2) is 151 Å². The fourth-order valence-corrected chi connectivity index (χ4v) is 15.6. The lowest BCUT2D eigenvalue weighted by atomic mass is 10.0. The van der Waals surface area contributed by atoms with Crippen molar-refractivity contribution in [1.29, 1.82) is 0 Å². The van der Waals surface area contributed by atoms with E-state index in [1.165, 1.54) is 43.8 Å². The maximum absolute atomic E-state index is 12.4. The number of carbonyl (C=O) groups is 5. The fourth-order valence-electron chi connectivity index (χ4n) is 14.3. The quantitative estimate of drug-likeness (QED) is 0.0697. The van der Waals surface area contributed by atoms with Crippen LogP contribution in [0.25, 0.3) is 0 Å². The van der Waals surface area contributed by atoms with Crippen LogP contribution in [0.3, 0.4) is 0 Å². The predicted octanol–water partition coefficient (Wildman–Crippen LogP) is 13.1. The van der Waals surface area contributed by atoms with Gasteiger partial charge in [-0.05, 0) is 237 Å². The van der Waals surface area contributed by atoms with E-state index in [0.717, 1.165) is 136 Å². The van der Waals surface area contributed by atoms with Gasteiger partial charge in [0.05, 0.1) is 20.1 Å². The molecule has 8 fully saturated rings. The van der Waals surface area contributed by atoms with Crippen LogP contribution in [0.2, 0.25) is 20.1 Å². The first-order chi connectivity index (χ1) is 46.4. The van der Waals surface area contributed by atoms with Crippen molar-refractivity contribution < 1.29 is 43.3 Å². The number of amides is 4. The van der Waals surface area contributed by atoms with Gasteiger partial charge in [0.1, 0.15) is 28.5 Å². The minimum atomic E-state index is -1.11. The summed E-state index contributed by atoms with van der Waals surface area (Å²) in [5, 5.41) is 29.4. The third-order valence-corrected chi connectivity index (χ3v) is 20.6. The number of pyridine rings is 6. The monoisotopic (exact) mass is 1580 g/mol. The van der Waals surface area contributed by atoms with Gasteiger partial charge in [-0.2, -0.15) is 4.39 Å². The largest absolute Gasteiger partial charge is 0.476 e. The molecule has 3 saturated heterocycles. The van der Waals surface area contributed by atoms with Crippen LogP contribution in [-0.2, 0) is 4.74 Å². The standard InChI is InChI=1S/C18H18BrClN4O.C14H17ClN2O.C13H16ClN3O.C12H22N2O2.C6H4ClNO2.C5H3BrFN.CH4O.ClH/c19-13-3-4-16(22-8-13)24-9-11-6-14(7-12(11)10-24)23-18(25)17-15(20)2-1-5-21-17;15-12-5-2-6-16-13(12)14(18)17-11-7-9-3-1-4-10(9)8-11;14-11-2-1-3-16-12(11)13(18)17-10-4-8-6-15-7-9(8)5-10;1-12(2,3)16-11(15)14-6-8-4-10(13)5-9(8)7-14;7-4-2-1-3-8-5(4)6(9)10;6-4-1-2-5(7)8-3-4;1-2;/h1-5,8,11-12,14H,6-7,9-10H2,(H,23,25);2,5-6,9-11H,1,3-4,7-8H2,(H,17,18);1-3,8-10,15H,4-7H2,(H,17,18);8-10H,4-7,13H2,1-3H3;1-3H,(H,9,10);1-3H;2H,1H3;1H/t11-,12+,14?;9-,10+,11?;2*8-,9+,10?;;;;.